The number of amides is 1. The monoisotopic (exact) mass is 383 g/mol. The first-order valence-electron chi connectivity index (χ1n) is 7.61. The van der Waals surface area contributed by atoms with Crippen LogP contribution in [0.5, 0.6) is 17.2 Å². The Labute approximate surface area is 156 Å². The van der Waals surface area contributed by atoms with E-state index in [9.17, 15) is 4.79 Å². The predicted molar refractivity (Wildman–Crippen MR) is 99.5 cm³/mol. The summed E-state index contributed by atoms with van der Waals surface area (Å²) in [5.74, 6) is 1.11. The minimum atomic E-state index is -0.337. The maximum Gasteiger partial charge on any atom is 0.262 e. The summed E-state index contributed by atoms with van der Waals surface area (Å²) in [4.78, 5) is 12.2. The van der Waals surface area contributed by atoms with Crippen LogP contribution >= 0.6 is 23.2 Å². The lowest BCUT2D eigenvalue weighted by atomic mass is 10.1. The molecular weight excluding hydrogens is 365 g/mol. The van der Waals surface area contributed by atoms with Gasteiger partial charge < -0.3 is 19.5 Å². The van der Waals surface area contributed by atoms with Gasteiger partial charge >= 0.3 is 0 Å². The molecule has 0 unspecified atom stereocenters. The molecule has 0 aliphatic heterocycles. The lowest BCUT2D eigenvalue weighted by molar-refractivity contribution is -0.118. The van der Waals surface area contributed by atoms with Gasteiger partial charge in [0.05, 0.1) is 24.9 Å². The molecule has 0 aromatic heterocycles. The number of hydrogen-bond acceptors (Lipinski definition) is 4. The van der Waals surface area contributed by atoms with E-state index in [1.54, 1.807) is 24.3 Å². The Morgan fingerprint density at radius 2 is 1.76 bits per heavy atom. The molecule has 134 valence electrons. The van der Waals surface area contributed by atoms with Crippen molar-refractivity contribution in [3.05, 3.63) is 45.9 Å². The first kappa shape index (κ1) is 19.2. The van der Waals surface area contributed by atoms with Crippen molar-refractivity contribution in [2.75, 3.05) is 26.1 Å². The number of rotatable bonds is 7. The summed E-state index contributed by atoms with van der Waals surface area (Å²) in [6, 6.07) is 8.46. The second kappa shape index (κ2) is 8.83. The van der Waals surface area contributed by atoms with Crippen LogP contribution in [0.3, 0.4) is 0 Å². The third-order valence-corrected chi connectivity index (χ3v) is 4.18. The summed E-state index contributed by atoms with van der Waals surface area (Å²) in [6.07, 6.45) is 0.782. The molecule has 0 aliphatic rings. The van der Waals surface area contributed by atoms with Crippen LogP contribution in [0.2, 0.25) is 10.0 Å². The number of hydrogen-bond donors (Lipinski definition) is 1. The molecule has 0 saturated carbocycles. The van der Waals surface area contributed by atoms with Crippen molar-refractivity contribution >= 4 is 34.8 Å². The third kappa shape index (κ3) is 4.94. The van der Waals surface area contributed by atoms with Gasteiger partial charge in [-0.25, -0.2) is 0 Å². The van der Waals surface area contributed by atoms with Crippen LogP contribution in [0.1, 0.15) is 12.5 Å². The Morgan fingerprint density at radius 1 is 1.04 bits per heavy atom. The molecule has 1 amide bonds. The fraction of sp³-hybridized carbons (Fsp3) is 0.278. The maximum atomic E-state index is 12.2. The highest BCUT2D eigenvalue weighted by Crippen LogP contribution is 2.35. The number of carbonyl (C=O) groups excluding carboxylic acids is 1. The van der Waals surface area contributed by atoms with Crippen molar-refractivity contribution in [3.63, 3.8) is 0 Å². The second-order valence-electron chi connectivity index (χ2n) is 5.13. The normalized spacial score (nSPS) is 10.3. The summed E-state index contributed by atoms with van der Waals surface area (Å²) >= 11 is 12.1. The largest absolute Gasteiger partial charge is 0.495 e. The molecule has 2 rings (SSSR count). The first-order valence-corrected chi connectivity index (χ1v) is 8.36. The van der Waals surface area contributed by atoms with Gasteiger partial charge in [-0.05, 0) is 30.2 Å². The van der Waals surface area contributed by atoms with Crippen LogP contribution in [0.25, 0.3) is 0 Å². The van der Waals surface area contributed by atoms with Crippen molar-refractivity contribution in [2.24, 2.45) is 0 Å². The van der Waals surface area contributed by atoms with E-state index < -0.39 is 0 Å². The molecular formula is C18H19Cl2NO4. The zero-order chi connectivity index (χ0) is 18.4. The number of anilines is 1. The van der Waals surface area contributed by atoms with Crippen molar-refractivity contribution in [3.8, 4) is 17.2 Å². The van der Waals surface area contributed by atoms with E-state index in [4.69, 9.17) is 37.4 Å². The summed E-state index contributed by atoms with van der Waals surface area (Å²) in [5, 5.41) is 3.79. The van der Waals surface area contributed by atoms with Gasteiger partial charge in [-0.15, -0.1) is 0 Å². The highest BCUT2D eigenvalue weighted by atomic mass is 35.5. The fourth-order valence-electron chi connectivity index (χ4n) is 2.21. The third-order valence-electron chi connectivity index (χ3n) is 3.52. The standard InChI is InChI=1S/C18H19Cl2NO4/c1-4-11-7-12(5-6-13(11)19)25-10-18(22)21-15-9-16(23-2)14(20)8-17(15)24-3/h5-9H,4,10H2,1-3H3,(H,21,22). The number of halogens is 2. The summed E-state index contributed by atoms with van der Waals surface area (Å²) in [7, 11) is 2.98. The van der Waals surface area contributed by atoms with Gasteiger partial charge in [0, 0.05) is 17.2 Å². The van der Waals surface area contributed by atoms with E-state index >= 15 is 0 Å². The van der Waals surface area contributed by atoms with Crippen molar-refractivity contribution in [2.45, 2.75) is 13.3 Å². The SMILES string of the molecule is CCc1cc(OCC(=O)Nc2cc(OC)c(Cl)cc2OC)ccc1Cl. The van der Waals surface area contributed by atoms with Crippen molar-refractivity contribution < 1.29 is 19.0 Å². The molecule has 0 atom stereocenters. The molecule has 0 radical (unpaired) electrons. The molecule has 25 heavy (non-hydrogen) atoms. The molecule has 0 bridgehead atoms. The van der Waals surface area contributed by atoms with E-state index in [2.05, 4.69) is 5.32 Å². The van der Waals surface area contributed by atoms with E-state index in [0.29, 0.717) is 33.0 Å². The van der Waals surface area contributed by atoms with Crippen LogP contribution in [0, 0.1) is 0 Å². The van der Waals surface area contributed by atoms with E-state index in [-0.39, 0.29) is 12.5 Å². The molecule has 2 aromatic rings. The van der Waals surface area contributed by atoms with Gasteiger partial charge in [-0.3, -0.25) is 4.79 Å². The average molecular weight is 384 g/mol. The molecule has 0 spiro atoms. The minimum Gasteiger partial charge on any atom is -0.495 e. The van der Waals surface area contributed by atoms with E-state index in [1.165, 1.54) is 14.2 Å². The number of methoxy groups -OCH3 is 2. The van der Waals surface area contributed by atoms with Gasteiger partial charge in [0.15, 0.2) is 6.61 Å². The number of ether oxygens (including phenoxy) is 3. The molecule has 2 aromatic carbocycles. The van der Waals surface area contributed by atoms with Gasteiger partial charge in [-0.1, -0.05) is 30.1 Å². The topological polar surface area (TPSA) is 56.8 Å². The Morgan fingerprint density at radius 3 is 2.40 bits per heavy atom. The number of aryl methyl sites for hydroxylation is 1. The highest BCUT2D eigenvalue weighted by Gasteiger charge is 2.13. The van der Waals surface area contributed by atoms with Crippen LogP contribution in [0.4, 0.5) is 5.69 Å². The Balaban J connectivity index is 2.05. The van der Waals surface area contributed by atoms with Crippen LogP contribution in [-0.4, -0.2) is 26.7 Å². The van der Waals surface area contributed by atoms with Crippen LogP contribution in [0.15, 0.2) is 30.3 Å². The molecule has 0 heterocycles. The van der Waals surface area contributed by atoms with E-state index in [0.717, 1.165) is 12.0 Å². The van der Waals surface area contributed by atoms with E-state index in [1.807, 2.05) is 13.0 Å². The summed E-state index contributed by atoms with van der Waals surface area (Å²) < 4.78 is 15.9. The van der Waals surface area contributed by atoms with Crippen molar-refractivity contribution in [1.29, 1.82) is 0 Å². The zero-order valence-corrected chi connectivity index (χ0v) is 15.7. The predicted octanol–water partition coefficient (Wildman–Crippen LogP) is 4.59. The Kier molecular flexibility index (Phi) is 6.79. The maximum absolute atomic E-state index is 12.2. The van der Waals surface area contributed by atoms with Gasteiger partial charge in [-0.2, -0.15) is 0 Å². The molecule has 1 N–H and O–H groups in total. The lowest BCUT2D eigenvalue weighted by Gasteiger charge is -2.14. The molecule has 5 nitrogen and oxygen atoms in total. The highest BCUT2D eigenvalue weighted by molar-refractivity contribution is 6.32. The van der Waals surface area contributed by atoms with Gasteiger partial charge in [0.2, 0.25) is 0 Å². The van der Waals surface area contributed by atoms with Crippen molar-refractivity contribution in [1.82, 2.24) is 0 Å². The van der Waals surface area contributed by atoms with Gasteiger partial charge in [0.1, 0.15) is 17.2 Å². The molecule has 0 saturated heterocycles. The number of carbonyl (C=O) groups is 1. The first-order chi connectivity index (χ1) is 12.0. The van der Waals surface area contributed by atoms with Gasteiger partial charge in [0.25, 0.3) is 5.91 Å². The zero-order valence-electron chi connectivity index (χ0n) is 14.2. The van der Waals surface area contributed by atoms with Crippen LogP contribution in [-0.2, 0) is 11.2 Å². The Bertz CT molecular complexity index is 765. The smallest absolute Gasteiger partial charge is 0.262 e. The molecule has 7 heteroatoms. The number of benzene rings is 2. The summed E-state index contributed by atoms with van der Waals surface area (Å²) in [6.45, 7) is 1.84. The average Bonchev–Trinajstić information content (AvgIpc) is 2.62. The second-order valence-corrected chi connectivity index (χ2v) is 5.95. The summed E-state index contributed by atoms with van der Waals surface area (Å²) in [5.41, 5.74) is 1.41. The molecule has 0 aliphatic carbocycles. The Hall–Kier alpha value is -2.11. The minimum absolute atomic E-state index is 0.154. The van der Waals surface area contributed by atoms with Crippen LogP contribution < -0.4 is 19.5 Å². The fourth-order valence-corrected chi connectivity index (χ4v) is 2.69. The quantitative estimate of drug-likeness (QED) is 0.759. The molecule has 0 fully saturated rings. The number of nitrogens with one attached hydrogen (secondary N) is 1. The lowest BCUT2D eigenvalue weighted by Crippen LogP contribution is -2.20.